The Kier molecular flexibility index (Phi) is 3.39. The van der Waals surface area contributed by atoms with Crippen molar-refractivity contribution in [3.8, 4) is 16.9 Å². The number of aromatic hydroxyl groups is 1. The molecule has 2 aromatic rings. The highest BCUT2D eigenvalue weighted by Gasteiger charge is 2.06. The monoisotopic (exact) mass is 246 g/mol. The maximum atomic E-state index is 9.81. The highest BCUT2D eigenvalue weighted by Crippen LogP contribution is 2.32. The highest BCUT2D eigenvalue weighted by atomic mass is 35.5. The molecule has 0 aliphatic heterocycles. The van der Waals surface area contributed by atoms with Gasteiger partial charge in [0, 0.05) is 10.6 Å². The second-order valence-corrected chi connectivity index (χ2v) is 4.87. The summed E-state index contributed by atoms with van der Waals surface area (Å²) in [5.74, 6) is 0.767. The van der Waals surface area contributed by atoms with Crippen LogP contribution in [0.25, 0.3) is 11.1 Å². The molecule has 0 spiro atoms. The Bertz CT molecular complexity index is 515. The zero-order valence-electron chi connectivity index (χ0n) is 9.94. The quantitative estimate of drug-likeness (QED) is 0.804. The van der Waals surface area contributed by atoms with Crippen molar-refractivity contribution in [1.29, 1.82) is 0 Å². The molecular weight excluding hydrogens is 232 g/mol. The predicted molar refractivity (Wildman–Crippen MR) is 72.6 cm³/mol. The summed E-state index contributed by atoms with van der Waals surface area (Å²) in [5.41, 5.74) is 3.04. The van der Waals surface area contributed by atoms with Crippen molar-refractivity contribution < 1.29 is 5.11 Å². The molecule has 2 aromatic carbocycles. The number of hydrogen-bond acceptors (Lipinski definition) is 1. The lowest BCUT2D eigenvalue weighted by Crippen LogP contribution is -1.87. The number of phenols is 1. The lowest BCUT2D eigenvalue weighted by Gasteiger charge is -2.08. The number of hydrogen-bond donors (Lipinski definition) is 1. The maximum absolute atomic E-state index is 9.81. The lowest BCUT2D eigenvalue weighted by molar-refractivity contribution is 0.477. The Morgan fingerprint density at radius 3 is 2.24 bits per heavy atom. The topological polar surface area (TPSA) is 20.2 Å². The molecular formula is C15H15ClO. The van der Waals surface area contributed by atoms with Crippen molar-refractivity contribution in [3.63, 3.8) is 0 Å². The average Bonchev–Trinajstić information content (AvgIpc) is 2.32. The zero-order valence-corrected chi connectivity index (χ0v) is 10.7. The normalized spacial score (nSPS) is 10.8. The van der Waals surface area contributed by atoms with Crippen LogP contribution in [0, 0.1) is 0 Å². The summed E-state index contributed by atoms with van der Waals surface area (Å²) >= 11 is 5.94. The fourth-order valence-corrected chi connectivity index (χ4v) is 1.96. The molecule has 0 fully saturated rings. The summed E-state index contributed by atoms with van der Waals surface area (Å²) in [6.45, 7) is 4.32. The fourth-order valence-electron chi connectivity index (χ4n) is 1.79. The lowest BCUT2D eigenvalue weighted by atomic mass is 9.98. The van der Waals surface area contributed by atoms with Gasteiger partial charge in [-0.15, -0.1) is 0 Å². The van der Waals surface area contributed by atoms with Gasteiger partial charge >= 0.3 is 0 Å². The van der Waals surface area contributed by atoms with Crippen LogP contribution >= 0.6 is 11.6 Å². The van der Waals surface area contributed by atoms with Crippen LogP contribution in [-0.4, -0.2) is 5.11 Å². The molecule has 0 atom stereocenters. The third kappa shape index (κ3) is 2.62. The van der Waals surface area contributed by atoms with Crippen LogP contribution in [0.5, 0.6) is 5.75 Å². The number of benzene rings is 2. The van der Waals surface area contributed by atoms with E-state index in [1.54, 1.807) is 18.2 Å². The van der Waals surface area contributed by atoms with Gasteiger partial charge in [0.15, 0.2) is 0 Å². The minimum atomic E-state index is 0.256. The van der Waals surface area contributed by atoms with Gasteiger partial charge in [-0.05, 0) is 35.2 Å². The van der Waals surface area contributed by atoms with Crippen molar-refractivity contribution in [2.75, 3.05) is 0 Å². The van der Waals surface area contributed by atoms with E-state index in [0.717, 1.165) is 11.1 Å². The molecule has 1 nitrogen and oxygen atoms in total. The first kappa shape index (κ1) is 12.0. The molecule has 0 radical (unpaired) electrons. The van der Waals surface area contributed by atoms with Crippen molar-refractivity contribution in [2.24, 2.45) is 0 Å². The number of halogens is 1. The molecule has 0 heterocycles. The molecule has 0 bridgehead atoms. The van der Waals surface area contributed by atoms with Crippen LogP contribution in [-0.2, 0) is 0 Å². The molecule has 0 saturated carbocycles. The first-order valence-electron chi connectivity index (χ1n) is 5.67. The zero-order chi connectivity index (χ0) is 12.4. The summed E-state index contributed by atoms with van der Waals surface area (Å²) in [6, 6.07) is 13.3. The van der Waals surface area contributed by atoms with Crippen LogP contribution in [0.4, 0.5) is 0 Å². The Hall–Kier alpha value is -1.47. The molecule has 17 heavy (non-hydrogen) atoms. The molecule has 0 saturated heterocycles. The van der Waals surface area contributed by atoms with Gasteiger partial charge < -0.3 is 5.11 Å². The van der Waals surface area contributed by atoms with E-state index in [1.807, 2.05) is 12.1 Å². The van der Waals surface area contributed by atoms with Crippen molar-refractivity contribution in [2.45, 2.75) is 19.8 Å². The minimum absolute atomic E-state index is 0.256. The Morgan fingerprint density at radius 2 is 1.65 bits per heavy atom. The van der Waals surface area contributed by atoms with Crippen LogP contribution in [0.15, 0.2) is 42.5 Å². The van der Waals surface area contributed by atoms with Gasteiger partial charge in [0.1, 0.15) is 5.75 Å². The molecule has 1 N–H and O–H groups in total. The van der Waals surface area contributed by atoms with Gasteiger partial charge in [-0.1, -0.05) is 49.7 Å². The van der Waals surface area contributed by atoms with E-state index in [1.165, 1.54) is 5.56 Å². The van der Waals surface area contributed by atoms with Crippen molar-refractivity contribution >= 4 is 11.6 Å². The highest BCUT2D eigenvalue weighted by molar-refractivity contribution is 6.31. The van der Waals surface area contributed by atoms with E-state index in [2.05, 4.69) is 26.0 Å². The smallest absolute Gasteiger partial charge is 0.123 e. The van der Waals surface area contributed by atoms with Crippen LogP contribution < -0.4 is 0 Å². The summed E-state index contributed by atoms with van der Waals surface area (Å²) in [4.78, 5) is 0. The molecule has 88 valence electrons. The Morgan fingerprint density at radius 1 is 1.00 bits per heavy atom. The van der Waals surface area contributed by atoms with Crippen LogP contribution in [0.2, 0.25) is 5.02 Å². The van der Waals surface area contributed by atoms with E-state index in [4.69, 9.17) is 11.6 Å². The van der Waals surface area contributed by atoms with E-state index in [0.29, 0.717) is 10.9 Å². The summed E-state index contributed by atoms with van der Waals surface area (Å²) in [6.07, 6.45) is 0. The summed E-state index contributed by atoms with van der Waals surface area (Å²) in [5, 5.41) is 10.4. The van der Waals surface area contributed by atoms with E-state index >= 15 is 0 Å². The van der Waals surface area contributed by atoms with E-state index < -0.39 is 0 Å². The van der Waals surface area contributed by atoms with Crippen molar-refractivity contribution in [3.05, 3.63) is 53.1 Å². The van der Waals surface area contributed by atoms with Crippen LogP contribution in [0.3, 0.4) is 0 Å². The van der Waals surface area contributed by atoms with Gasteiger partial charge in [0.2, 0.25) is 0 Å². The molecule has 2 heteroatoms. The molecule has 2 rings (SSSR count). The molecule has 0 aliphatic carbocycles. The largest absolute Gasteiger partial charge is 0.507 e. The van der Waals surface area contributed by atoms with E-state index in [-0.39, 0.29) is 5.75 Å². The van der Waals surface area contributed by atoms with Crippen LogP contribution in [0.1, 0.15) is 25.3 Å². The standard InChI is InChI=1S/C15H15ClO/c1-10(2)11-3-5-12(6-4-11)14-9-13(16)7-8-15(14)17/h3-10,17H,1-2H3. The maximum Gasteiger partial charge on any atom is 0.123 e. The molecule has 0 aliphatic rings. The minimum Gasteiger partial charge on any atom is -0.507 e. The summed E-state index contributed by atoms with van der Waals surface area (Å²) in [7, 11) is 0. The Balaban J connectivity index is 2.43. The number of phenolic OH excluding ortho intramolecular Hbond substituents is 1. The second kappa shape index (κ2) is 4.80. The third-order valence-electron chi connectivity index (χ3n) is 2.85. The third-order valence-corrected chi connectivity index (χ3v) is 3.08. The fraction of sp³-hybridized carbons (Fsp3) is 0.200. The van der Waals surface area contributed by atoms with Gasteiger partial charge in [-0.25, -0.2) is 0 Å². The van der Waals surface area contributed by atoms with E-state index in [9.17, 15) is 5.11 Å². The van der Waals surface area contributed by atoms with Gasteiger partial charge in [0.05, 0.1) is 0 Å². The first-order valence-corrected chi connectivity index (χ1v) is 6.04. The van der Waals surface area contributed by atoms with Gasteiger partial charge in [-0.2, -0.15) is 0 Å². The average molecular weight is 247 g/mol. The predicted octanol–water partition coefficient (Wildman–Crippen LogP) is 4.84. The molecule has 0 aromatic heterocycles. The number of rotatable bonds is 2. The molecule has 0 amide bonds. The summed E-state index contributed by atoms with van der Waals surface area (Å²) < 4.78 is 0. The van der Waals surface area contributed by atoms with Gasteiger partial charge in [0.25, 0.3) is 0 Å². The first-order chi connectivity index (χ1) is 8.08. The second-order valence-electron chi connectivity index (χ2n) is 4.44. The SMILES string of the molecule is CC(C)c1ccc(-c2cc(Cl)ccc2O)cc1. The Labute approximate surface area is 107 Å². The van der Waals surface area contributed by atoms with Gasteiger partial charge in [-0.3, -0.25) is 0 Å². The van der Waals surface area contributed by atoms with Crippen molar-refractivity contribution in [1.82, 2.24) is 0 Å². The molecule has 0 unspecified atom stereocenters.